The second-order valence-corrected chi connectivity index (χ2v) is 32.9. The maximum atomic E-state index is 2.72. The topological polar surface area (TPSA) is 11.4 Å². The van der Waals surface area contributed by atoms with E-state index in [1.54, 1.807) is 0 Å². The molecule has 3 nitrogen and oxygen atoms in total. The lowest BCUT2D eigenvalue weighted by atomic mass is 9.33. The lowest BCUT2D eigenvalue weighted by Gasteiger charge is -2.46. The third-order valence-corrected chi connectivity index (χ3v) is 22.0. The van der Waals surface area contributed by atoms with Crippen molar-refractivity contribution in [1.29, 1.82) is 0 Å². The van der Waals surface area contributed by atoms with Crippen molar-refractivity contribution < 1.29 is 0 Å². The average Bonchev–Trinajstić information content (AvgIpc) is 0.767. The summed E-state index contributed by atoms with van der Waals surface area (Å²) in [6, 6.07) is 120. The molecule has 0 fully saturated rings. The summed E-state index contributed by atoms with van der Waals surface area (Å²) in [5, 5.41) is 2.40. The molecule has 0 atom stereocenters. The summed E-state index contributed by atoms with van der Waals surface area (Å²) in [6.07, 6.45) is 0. The van der Waals surface area contributed by atoms with Gasteiger partial charge in [0.2, 0.25) is 0 Å². The molecule has 0 N–H and O–H groups in total. The van der Waals surface area contributed by atoms with Gasteiger partial charge in [0.15, 0.2) is 0 Å². The molecule has 0 spiro atoms. The molecule has 1 aromatic heterocycles. The molecule has 506 valence electrons. The van der Waals surface area contributed by atoms with Crippen molar-refractivity contribution in [1.82, 2.24) is 4.57 Å². The molecule has 3 heterocycles. The summed E-state index contributed by atoms with van der Waals surface area (Å²) in [5.74, 6) is 0. The van der Waals surface area contributed by atoms with E-state index in [1.807, 2.05) is 0 Å². The van der Waals surface area contributed by atoms with Crippen LogP contribution in [-0.2, 0) is 21.7 Å². The molecule has 0 radical (unpaired) electrons. The van der Waals surface area contributed by atoms with Crippen molar-refractivity contribution in [2.75, 3.05) is 9.80 Å². The van der Waals surface area contributed by atoms with Gasteiger partial charge in [0.05, 0.1) is 22.4 Å². The standard InChI is InChI=1S/C100H88BN3/c1-97(2,3)74-42-30-41-70(55-74)84-58-72(59-85-83-45-28-29-50-88(83)102(96(84)85)78-43-26-17-27-44-78)73-61-91-93-92(62-73)104(95-81(67-37-22-15-23-38-67)48-32-49-82(95)68-39-24-16-25-40-68)90-64-75(98(4,5)6)52-54-87(90)101(93)86-53-51-69(71-56-76(99(7,8)9)63-77(57-71)100(10,11)12)60-89(86)103(91)94-79(65-33-18-13-19-34-65)46-31-47-80(94)66-35-20-14-21-36-66/h13-64H,1-12H3. The highest BCUT2D eigenvalue weighted by Gasteiger charge is 2.46. The average molecular weight is 1340 g/mol. The number of hydrogen-bond donors (Lipinski definition) is 0. The van der Waals surface area contributed by atoms with Crippen LogP contribution >= 0.6 is 0 Å². The van der Waals surface area contributed by atoms with Crippen LogP contribution in [0.1, 0.15) is 105 Å². The molecule has 14 aromatic carbocycles. The zero-order valence-corrected chi connectivity index (χ0v) is 61.9. The minimum Gasteiger partial charge on any atom is -0.310 e. The van der Waals surface area contributed by atoms with Gasteiger partial charge in [-0.1, -0.05) is 344 Å². The van der Waals surface area contributed by atoms with Crippen LogP contribution in [0.4, 0.5) is 34.1 Å². The van der Waals surface area contributed by atoms with Crippen molar-refractivity contribution in [2.45, 2.75) is 105 Å². The number of hydrogen-bond acceptors (Lipinski definition) is 2. The number of benzene rings is 14. The van der Waals surface area contributed by atoms with Gasteiger partial charge in [-0.25, -0.2) is 0 Å². The van der Waals surface area contributed by atoms with E-state index in [0.717, 1.165) is 95.3 Å². The fourth-order valence-electron chi connectivity index (χ4n) is 16.4. The van der Waals surface area contributed by atoms with Gasteiger partial charge >= 0.3 is 0 Å². The Hall–Kier alpha value is -11.5. The van der Waals surface area contributed by atoms with Gasteiger partial charge in [0.1, 0.15) is 0 Å². The van der Waals surface area contributed by atoms with Crippen LogP contribution in [0.5, 0.6) is 0 Å². The van der Waals surface area contributed by atoms with E-state index in [9.17, 15) is 0 Å². The monoisotopic (exact) mass is 1340 g/mol. The molecular weight excluding hydrogens is 1250 g/mol. The van der Waals surface area contributed by atoms with Crippen LogP contribution in [-0.4, -0.2) is 11.3 Å². The number of aromatic nitrogens is 1. The Kier molecular flexibility index (Phi) is 16.0. The first-order valence-electron chi connectivity index (χ1n) is 37.1. The molecule has 2 aliphatic rings. The van der Waals surface area contributed by atoms with E-state index >= 15 is 0 Å². The van der Waals surface area contributed by atoms with Crippen molar-refractivity contribution in [3.05, 3.63) is 338 Å². The maximum absolute atomic E-state index is 2.72. The Balaban J connectivity index is 1.08. The van der Waals surface area contributed by atoms with Crippen molar-refractivity contribution in [3.8, 4) is 83.6 Å². The quantitative estimate of drug-likeness (QED) is 0.126. The first-order chi connectivity index (χ1) is 50.1. The van der Waals surface area contributed by atoms with Gasteiger partial charge in [-0.2, -0.15) is 0 Å². The maximum Gasteiger partial charge on any atom is 0.252 e. The van der Waals surface area contributed by atoms with Crippen LogP contribution in [0, 0.1) is 0 Å². The number of rotatable bonds is 10. The molecule has 2 aliphatic heterocycles. The molecular formula is C100H88BN3. The van der Waals surface area contributed by atoms with Gasteiger partial charge < -0.3 is 14.4 Å². The van der Waals surface area contributed by atoms with E-state index in [-0.39, 0.29) is 28.4 Å². The molecule has 15 aromatic rings. The van der Waals surface area contributed by atoms with Crippen molar-refractivity contribution in [3.63, 3.8) is 0 Å². The van der Waals surface area contributed by atoms with Gasteiger partial charge in [0, 0.05) is 67.0 Å². The summed E-state index contributed by atoms with van der Waals surface area (Å²) in [4.78, 5) is 5.44. The Labute approximate surface area is 615 Å². The highest BCUT2D eigenvalue weighted by molar-refractivity contribution is 7.00. The van der Waals surface area contributed by atoms with E-state index in [2.05, 4.69) is 413 Å². The second-order valence-electron chi connectivity index (χ2n) is 32.9. The largest absolute Gasteiger partial charge is 0.310 e. The summed E-state index contributed by atoms with van der Waals surface area (Å²) in [7, 11) is 0. The van der Waals surface area contributed by atoms with Crippen LogP contribution in [0.2, 0.25) is 0 Å². The van der Waals surface area contributed by atoms with Crippen LogP contribution in [0.15, 0.2) is 315 Å². The smallest absolute Gasteiger partial charge is 0.252 e. The van der Waals surface area contributed by atoms with Gasteiger partial charge in [-0.05, 0) is 165 Å². The van der Waals surface area contributed by atoms with Gasteiger partial charge in [-0.3, -0.25) is 0 Å². The minimum absolute atomic E-state index is 0.0982. The third kappa shape index (κ3) is 11.5. The molecule has 0 bridgehead atoms. The molecule has 0 saturated carbocycles. The first-order valence-corrected chi connectivity index (χ1v) is 37.1. The first kappa shape index (κ1) is 65.8. The normalized spacial score (nSPS) is 12.9. The lowest BCUT2D eigenvalue weighted by molar-refractivity contribution is 0.569. The number of nitrogens with zero attached hydrogens (tertiary/aromatic N) is 3. The molecule has 0 saturated heterocycles. The Morgan fingerprint density at radius 1 is 0.240 bits per heavy atom. The number of para-hydroxylation sites is 4. The van der Waals surface area contributed by atoms with E-state index < -0.39 is 0 Å². The Morgan fingerprint density at radius 3 is 1.12 bits per heavy atom. The molecule has 17 rings (SSSR count). The highest BCUT2D eigenvalue weighted by atomic mass is 15.2. The summed E-state index contributed by atoms with van der Waals surface area (Å²) < 4.78 is 2.51. The minimum atomic E-state index is -0.212. The fourth-order valence-corrected chi connectivity index (χ4v) is 16.4. The van der Waals surface area contributed by atoms with Crippen molar-refractivity contribution in [2.24, 2.45) is 0 Å². The SMILES string of the molecule is CC(C)(C)c1cccc(-c2cc(-c3cc4c5c(c3)N(c3c(-c6ccccc6)cccc3-c3ccccc3)c3cc(C(C)(C)C)ccc3B5c3ccc(-c5cc(C(C)(C)C)cc(C(C)(C)C)c5)cc3N4c3c(-c4ccccc4)cccc3-c3ccccc3)cc3c4ccccc4n(-c4ccccc4)c23)c1. The molecule has 4 heteroatoms. The summed E-state index contributed by atoms with van der Waals surface area (Å²) in [5.41, 5.74) is 34.9. The van der Waals surface area contributed by atoms with Crippen LogP contribution < -0.4 is 26.2 Å². The van der Waals surface area contributed by atoms with E-state index in [1.165, 1.54) is 82.9 Å². The van der Waals surface area contributed by atoms with E-state index in [4.69, 9.17) is 0 Å². The zero-order valence-electron chi connectivity index (χ0n) is 61.9. The van der Waals surface area contributed by atoms with Crippen LogP contribution in [0.25, 0.3) is 105 Å². The molecule has 0 unspecified atom stereocenters. The molecule has 104 heavy (non-hydrogen) atoms. The Bertz CT molecular complexity index is 5670. The highest BCUT2D eigenvalue weighted by Crippen LogP contribution is 2.55. The predicted molar refractivity (Wildman–Crippen MR) is 448 cm³/mol. The lowest BCUT2D eigenvalue weighted by Crippen LogP contribution is -2.61. The number of anilines is 6. The van der Waals surface area contributed by atoms with Crippen molar-refractivity contribution >= 4 is 79.0 Å². The molecule has 0 aliphatic carbocycles. The third-order valence-electron chi connectivity index (χ3n) is 22.0. The van der Waals surface area contributed by atoms with Crippen LogP contribution in [0.3, 0.4) is 0 Å². The fraction of sp³-hybridized carbons (Fsp3) is 0.160. The zero-order chi connectivity index (χ0) is 71.6. The summed E-state index contributed by atoms with van der Waals surface area (Å²) in [6.45, 7) is 28.0. The number of fused-ring (bicyclic) bond motifs is 7. The van der Waals surface area contributed by atoms with E-state index in [0.29, 0.717) is 0 Å². The van der Waals surface area contributed by atoms with Gasteiger partial charge in [-0.15, -0.1) is 0 Å². The Morgan fingerprint density at radius 2 is 0.625 bits per heavy atom. The molecule has 0 amide bonds. The summed E-state index contributed by atoms with van der Waals surface area (Å²) >= 11 is 0. The van der Waals surface area contributed by atoms with Gasteiger partial charge in [0.25, 0.3) is 6.71 Å². The predicted octanol–water partition coefficient (Wildman–Crippen LogP) is 25.7. The second kappa shape index (κ2) is 25.2.